The van der Waals surface area contributed by atoms with Crippen LogP contribution in [0.15, 0.2) is 22.7 Å². The molecule has 0 spiro atoms. The number of rotatable bonds is 2. The molecular weight excluding hydrogens is 295 g/mol. The monoisotopic (exact) mass is 312 g/mol. The van der Waals surface area contributed by atoms with E-state index in [4.69, 9.17) is 0 Å². The van der Waals surface area contributed by atoms with Gasteiger partial charge in [0, 0.05) is 10.4 Å². The second-order valence-electron chi connectivity index (χ2n) is 5.78. The van der Waals surface area contributed by atoms with Crippen molar-refractivity contribution in [1.29, 1.82) is 0 Å². The van der Waals surface area contributed by atoms with Crippen LogP contribution >= 0.6 is 15.9 Å². The Morgan fingerprint density at radius 2 is 2.11 bits per heavy atom. The molecule has 0 heterocycles. The molecule has 0 bridgehead atoms. The first-order chi connectivity index (χ1) is 8.42. The smallest absolute Gasteiger partial charge is 0.169 e. The number of hydrogen-bond donors (Lipinski definition) is 0. The van der Waals surface area contributed by atoms with E-state index in [1.165, 1.54) is 6.07 Å². The first kappa shape index (κ1) is 13.7. The summed E-state index contributed by atoms with van der Waals surface area (Å²) < 4.78 is 14.5. The van der Waals surface area contributed by atoms with Crippen LogP contribution in [0.1, 0.15) is 49.9 Å². The van der Waals surface area contributed by atoms with Gasteiger partial charge in [-0.2, -0.15) is 0 Å². The second kappa shape index (κ2) is 5.12. The summed E-state index contributed by atoms with van der Waals surface area (Å²) >= 11 is 3.30. The summed E-state index contributed by atoms with van der Waals surface area (Å²) in [5, 5.41) is 0. The van der Waals surface area contributed by atoms with Crippen LogP contribution in [0.2, 0.25) is 0 Å². The van der Waals surface area contributed by atoms with Crippen LogP contribution in [-0.4, -0.2) is 5.78 Å². The van der Waals surface area contributed by atoms with E-state index in [1.807, 2.05) is 0 Å². The van der Waals surface area contributed by atoms with E-state index in [9.17, 15) is 9.18 Å². The average Bonchev–Trinajstić information content (AvgIpc) is 2.31. The van der Waals surface area contributed by atoms with Crippen molar-refractivity contribution in [2.24, 2.45) is 11.3 Å². The molecule has 0 radical (unpaired) electrons. The standard InChI is InChI=1S/C15H18BrFO/c1-15(2)8-4-3-5-12(15)14(18)11-9-10(16)6-7-13(11)17/h6-7,9,12H,3-5,8H2,1-2H3. The van der Waals surface area contributed by atoms with Gasteiger partial charge in [0.2, 0.25) is 0 Å². The van der Waals surface area contributed by atoms with Crippen molar-refractivity contribution in [2.75, 3.05) is 0 Å². The van der Waals surface area contributed by atoms with Gasteiger partial charge in [-0.25, -0.2) is 4.39 Å². The Balaban J connectivity index is 2.33. The maximum Gasteiger partial charge on any atom is 0.169 e. The van der Waals surface area contributed by atoms with E-state index in [0.717, 1.165) is 30.2 Å². The molecule has 1 aromatic rings. The normalized spacial score (nSPS) is 22.8. The lowest BCUT2D eigenvalue weighted by atomic mass is 9.66. The SMILES string of the molecule is CC1(C)CCCCC1C(=O)c1cc(Br)ccc1F. The molecule has 18 heavy (non-hydrogen) atoms. The molecule has 0 amide bonds. The third-order valence-electron chi connectivity index (χ3n) is 4.02. The third-order valence-corrected chi connectivity index (χ3v) is 4.51. The molecule has 2 rings (SSSR count). The van der Waals surface area contributed by atoms with Gasteiger partial charge in [0.1, 0.15) is 5.82 Å². The van der Waals surface area contributed by atoms with Crippen LogP contribution in [-0.2, 0) is 0 Å². The Hall–Kier alpha value is -0.700. The maximum atomic E-state index is 13.8. The highest BCUT2D eigenvalue weighted by Gasteiger charge is 2.38. The Bertz CT molecular complexity index is 468. The topological polar surface area (TPSA) is 17.1 Å². The fourth-order valence-electron chi connectivity index (χ4n) is 2.85. The van der Waals surface area contributed by atoms with Crippen LogP contribution in [0.4, 0.5) is 4.39 Å². The number of hydrogen-bond acceptors (Lipinski definition) is 1. The molecule has 0 saturated heterocycles. The molecule has 0 N–H and O–H groups in total. The van der Waals surface area contributed by atoms with Gasteiger partial charge >= 0.3 is 0 Å². The molecule has 1 aliphatic carbocycles. The van der Waals surface area contributed by atoms with Crippen molar-refractivity contribution in [2.45, 2.75) is 39.5 Å². The molecule has 98 valence electrons. The predicted octanol–water partition coefficient (Wildman–Crippen LogP) is 4.99. The van der Waals surface area contributed by atoms with Crippen LogP contribution < -0.4 is 0 Å². The van der Waals surface area contributed by atoms with Crippen molar-refractivity contribution in [1.82, 2.24) is 0 Å². The van der Waals surface area contributed by atoms with Crippen LogP contribution in [0.25, 0.3) is 0 Å². The summed E-state index contributed by atoms with van der Waals surface area (Å²) in [7, 11) is 0. The van der Waals surface area contributed by atoms with E-state index < -0.39 is 5.82 Å². The Kier molecular flexibility index (Phi) is 3.90. The lowest BCUT2D eigenvalue weighted by Gasteiger charge is -2.37. The molecule has 1 fully saturated rings. The molecule has 3 heteroatoms. The predicted molar refractivity (Wildman–Crippen MR) is 74.2 cm³/mol. The number of Topliss-reactive ketones (excluding diaryl/α,β-unsaturated/α-hetero) is 1. The summed E-state index contributed by atoms with van der Waals surface area (Å²) in [4.78, 5) is 12.5. The number of carbonyl (C=O) groups is 1. The Labute approximate surface area is 116 Å². The minimum atomic E-state index is -0.412. The summed E-state index contributed by atoms with van der Waals surface area (Å²) in [6, 6.07) is 4.58. The van der Waals surface area contributed by atoms with Gasteiger partial charge in [-0.3, -0.25) is 4.79 Å². The fourth-order valence-corrected chi connectivity index (χ4v) is 3.22. The van der Waals surface area contributed by atoms with Gasteiger partial charge < -0.3 is 0 Å². The van der Waals surface area contributed by atoms with E-state index in [2.05, 4.69) is 29.8 Å². The average molecular weight is 313 g/mol. The first-order valence-electron chi connectivity index (χ1n) is 6.41. The highest BCUT2D eigenvalue weighted by Crippen LogP contribution is 2.42. The molecule has 1 aliphatic rings. The van der Waals surface area contributed by atoms with Crippen LogP contribution in [0.3, 0.4) is 0 Å². The van der Waals surface area contributed by atoms with Crippen molar-refractivity contribution in [3.05, 3.63) is 34.1 Å². The van der Waals surface area contributed by atoms with Gasteiger partial charge in [0.25, 0.3) is 0 Å². The second-order valence-corrected chi connectivity index (χ2v) is 6.69. The minimum Gasteiger partial charge on any atom is -0.294 e. The molecule has 1 nitrogen and oxygen atoms in total. The highest BCUT2D eigenvalue weighted by molar-refractivity contribution is 9.10. The lowest BCUT2D eigenvalue weighted by Crippen LogP contribution is -2.34. The lowest BCUT2D eigenvalue weighted by molar-refractivity contribution is 0.0693. The summed E-state index contributed by atoms with van der Waals surface area (Å²) in [6.07, 6.45) is 4.14. The van der Waals surface area contributed by atoms with Gasteiger partial charge in [-0.05, 0) is 36.5 Å². The van der Waals surface area contributed by atoms with Crippen LogP contribution in [0, 0.1) is 17.2 Å². The number of halogens is 2. The molecule has 0 aliphatic heterocycles. The first-order valence-corrected chi connectivity index (χ1v) is 7.20. The zero-order valence-electron chi connectivity index (χ0n) is 10.8. The largest absolute Gasteiger partial charge is 0.294 e. The van der Waals surface area contributed by atoms with Crippen molar-refractivity contribution in [3.8, 4) is 0 Å². The number of benzene rings is 1. The van der Waals surface area contributed by atoms with Crippen LogP contribution in [0.5, 0.6) is 0 Å². The van der Waals surface area contributed by atoms with Gasteiger partial charge in [0.15, 0.2) is 5.78 Å². The fraction of sp³-hybridized carbons (Fsp3) is 0.533. The van der Waals surface area contributed by atoms with Gasteiger partial charge in [-0.1, -0.05) is 42.6 Å². The van der Waals surface area contributed by atoms with Gasteiger partial charge in [-0.15, -0.1) is 0 Å². The molecule has 1 unspecified atom stereocenters. The minimum absolute atomic E-state index is 0.0237. The van der Waals surface area contributed by atoms with E-state index in [1.54, 1.807) is 12.1 Å². The highest BCUT2D eigenvalue weighted by atomic mass is 79.9. The van der Waals surface area contributed by atoms with Crippen molar-refractivity contribution in [3.63, 3.8) is 0 Å². The van der Waals surface area contributed by atoms with Crippen molar-refractivity contribution >= 4 is 21.7 Å². The van der Waals surface area contributed by atoms with Crippen molar-refractivity contribution < 1.29 is 9.18 Å². The quantitative estimate of drug-likeness (QED) is 0.703. The van der Waals surface area contributed by atoms with E-state index >= 15 is 0 Å². The molecule has 1 saturated carbocycles. The summed E-state index contributed by atoms with van der Waals surface area (Å²) in [6.45, 7) is 4.23. The number of carbonyl (C=O) groups excluding carboxylic acids is 1. The molecule has 1 atom stereocenters. The summed E-state index contributed by atoms with van der Waals surface area (Å²) in [5.74, 6) is -0.516. The number of ketones is 1. The third kappa shape index (κ3) is 2.66. The Morgan fingerprint density at radius 3 is 2.78 bits per heavy atom. The Morgan fingerprint density at radius 1 is 1.39 bits per heavy atom. The van der Waals surface area contributed by atoms with E-state index in [0.29, 0.717) is 0 Å². The van der Waals surface area contributed by atoms with Gasteiger partial charge in [0.05, 0.1) is 5.56 Å². The molecular formula is C15H18BrFO. The maximum absolute atomic E-state index is 13.8. The zero-order valence-corrected chi connectivity index (χ0v) is 12.4. The molecule has 1 aromatic carbocycles. The summed E-state index contributed by atoms with van der Waals surface area (Å²) in [5.41, 5.74) is 0.203. The molecule has 0 aromatic heterocycles. The van der Waals surface area contributed by atoms with E-state index in [-0.39, 0.29) is 22.7 Å². The zero-order chi connectivity index (χ0) is 13.3.